The molecule has 5 heteroatoms. The molecule has 78 valence electrons. The molecule has 0 radical (unpaired) electrons. The Morgan fingerprint density at radius 2 is 2.13 bits per heavy atom. The maximum Gasteiger partial charge on any atom is 0.232 e. The number of aryl methyl sites for hydroxylation is 1. The lowest BCUT2D eigenvalue weighted by Crippen LogP contribution is -1.95. The van der Waals surface area contributed by atoms with Crippen molar-refractivity contribution in [3.05, 3.63) is 28.7 Å². The molecule has 0 aliphatic carbocycles. The molecule has 0 unspecified atom stereocenters. The summed E-state index contributed by atoms with van der Waals surface area (Å²) in [5, 5.41) is 0.388. The van der Waals surface area contributed by atoms with Crippen molar-refractivity contribution < 1.29 is 9.13 Å². The molecule has 2 aromatic rings. The SMILES string of the molecule is COc1cnc2c(Cl)cc(C)c(F)c2n1. The molecule has 0 bridgehead atoms. The van der Waals surface area contributed by atoms with E-state index < -0.39 is 5.82 Å². The van der Waals surface area contributed by atoms with Gasteiger partial charge in [-0.05, 0) is 18.6 Å². The summed E-state index contributed by atoms with van der Waals surface area (Å²) < 4.78 is 18.6. The number of halogens is 2. The van der Waals surface area contributed by atoms with Crippen molar-refractivity contribution in [3.8, 4) is 5.88 Å². The van der Waals surface area contributed by atoms with Gasteiger partial charge in [0.05, 0.1) is 18.3 Å². The van der Waals surface area contributed by atoms with Crippen molar-refractivity contribution in [2.75, 3.05) is 7.11 Å². The largest absolute Gasteiger partial charge is 0.480 e. The molecule has 0 fully saturated rings. The van der Waals surface area contributed by atoms with Crippen molar-refractivity contribution in [3.63, 3.8) is 0 Å². The Labute approximate surface area is 90.9 Å². The normalized spacial score (nSPS) is 10.7. The van der Waals surface area contributed by atoms with Gasteiger partial charge in [-0.3, -0.25) is 0 Å². The summed E-state index contributed by atoms with van der Waals surface area (Å²) in [6, 6.07) is 1.53. The first-order valence-electron chi connectivity index (χ1n) is 4.29. The van der Waals surface area contributed by atoms with Gasteiger partial charge in [-0.15, -0.1) is 0 Å². The number of methoxy groups -OCH3 is 1. The third-order valence-electron chi connectivity index (χ3n) is 2.08. The quantitative estimate of drug-likeness (QED) is 0.750. The van der Waals surface area contributed by atoms with Crippen LogP contribution >= 0.6 is 11.6 Å². The van der Waals surface area contributed by atoms with Crippen molar-refractivity contribution in [2.45, 2.75) is 6.92 Å². The van der Waals surface area contributed by atoms with Crippen LogP contribution in [0.1, 0.15) is 5.56 Å². The molecule has 0 saturated carbocycles. The lowest BCUT2D eigenvalue weighted by molar-refractivity contribution is 0.397. The van der Waals surface area contributed by atoms with E-state index in [9.17, 15) is 4.39 Å². The van der Waals surface area contributed by atoms with Crippen molar-refractivity contribution in [2.24, 2.45) is 0 Å². The summed E-state index contributed by atoms with van der Waals surface area (Å²) in [4.78, 5) is 7.96. The van der Waals surface area contributed by atoms with Gasteiger partial charge in [-0.25, -0.2) is 14.4 Å². The van der Waals surface area contributed by atoms with Gasteiger partial charge < -0.3 is 4.74 Å². The van der Waals surface area contributed by atoms with Gasteiger partial charge in [-0.1, -0.05) is 11.6 Å². The molecule has 0 aliphatic heterocycles. The Bertz CT molecular complexity index is 530. The van der Waals surface area contributed by atoms with Crippen molar-refractivity contribution >= 4 is 22.6 Å². The van der Waals surface area contributed by atoms with Gasteiger partial charge in [0.15, 0.2) is 5.82 Å². The summed E-state index contributed by atoms with van der Waals surface area (Å²) in [6.07, 6.45) is 1.41. The van der Waals surface area contributed by atoms with E-state index in [0.29, 0.717) is 16.1 Å². The fraction of sp³-hybridized carbons (Fsp3) is 0.200. The van der Waals surface area contributed by atoms with Crippen LogP contribution in [0.25, 0.3) is 11.0 Å². The van der Waals surface area contributed by atoms with Gasteiger partial charge in [0, 0.05) is 0 Å². The van der Waals surface area contributed by atoms with Crippen LogP contribution in [0.3, 0.4) is 0 Å². The summed E-state index contributed by atoms with van der Waals surface area (Å²) >= 11 is 5.92. The molecule has 0 amide bonds. The minimum atomic E-state index is -0.416. The Morgan fingerprint density at radius 1 is 1.40 bits per heavy atom. The van der Waals surface area contributed by atoms with Crippen LogP contribution in [0, 0.1) is 12.7 Å². The molecule has 0 N–H and O–H groups in total. The highest BCUT2D eigenvalue weighted by Crippen LogP contribution is 2.26. The van der Waals surface area contributed by atoms with E-state index in [4.69, 9.17) is 16.3 Å². The van der Waals surface area contributed by atoms with E-state index >= 15 is 0 Å². The summed E-state index contributed by atoms with van der Waals surface area (Å²) in [6.45, 7) is 1.63. The van der Waals surface area contributed by atoms with E-state index in [-0.39, 0.29) is 11.4 Å². The predicted octanol–water partition coefficient (Wildman–Crippen LogP) is 2.74. The van der Waals surface area contributed by atoms with Gasteiger partial charge in [0.25, 0.3) is 0 Å². The van der Waals surface area contributed by atoms with Gasteiger partial charge in [0.2, 0.25) is 5.88 Å². The Hall–Kier alpha value is -1.42. The first-order chi connectivity index (χ1) is 7.13. The number of hydrogen-bond acceptors (Lipinski definition) is 3. The minimum absolute atomic E-state index is 0.138. The minimum Gasteiger partial charge on any atom is -0.480 e. The fourth-order valence-corrected chi connectivity index (χ4v) is 1.61. The highest BCUT2D eigenvalue weighted by atomic mass is 35.5. The number of nitrogens with zero attached hydrogens (tertiary/aromatic N) is 2. The van der Waals surface area contributed by atoms with Gasteiger partial charge in [-0.2, -0.15) is 0 Å². The zero-order chi connectivity index (χ0) is 11.0. The van der Waals surface area contributed by atoms with Crippen LogP contribution in [0.5, 0.6) is 5.88 Å². The topological polar surface area (TPSA) is 35.0 Å². The number of ether oxygens (including phenoxy) is 1. The van der Waals surface area contributed by atoms with E-state index in [1.54, 1.807) is 6.92 Å². The second-order valence-corrected chi connectivity index (χ2v) is 3.51. The second-order valence-electron chi connectivity index (χ2n) is 3.10. The van der Waals surface area contributed by atoms with Gasteiger partial charge >= 0.3 is 0 Å². The first kappa shape index (κ1) is 10.1. The molecule has 0 saturated heterocycles. The highest BCUT2D eigenvalue weighted by molar-refractivity contribution is 6.35. The average molecular weight is 227 g/mol. The van der Waals surface area contributed by atoms with E-state index in [0.717, 1.165) is 0 Å². The standard InChI is InChI=1S/C10H8ClFN2O/c1-5-3-6(11)9-10(8(5)12)14-7(15-2)4-13-9/h3-4H,1-2H3. The van der Waals surface area contributed by atoms with Crippen molar-refractivity contribution in [1.29, 1.82) is 0 Å². The number of fused-ring (bicyclic) bond motifs is 1. The third kappa shape index (κ3) is 1.61. The third-order valence-corrected chi connectivity index (χ3v) is 2.37. The van der Waals surface area contributed by atoms with E-state index in [2.05, 4.69) is 9.97 Å². The van der Waals surface area contributed by atoms with E-state index in [1.807, 2.05) is 0 Å². The highest BCUT2D eigenvalue weighted by Gasteiger charge is 2.11. The Morgan fingerprint density at radius 3 is 2.80 bits per heavy atom. The Balaban J connectivity index is 2.85. The van der Waals surface area contributed by atoms with Crippen LogP contribution in [0.4, 0.5) is 4.39 Å². The van der Waals surface area contributed by atoms with Crippen molar-refractivity contribution in [1.82, 2.24) is 9.97 Å². The molecule has 1 aromatic carbocycles. The summed E-state index contributed by atoms with van der Waals surface area (Å²) in [7, 11) is 1.45. The molecule has 2 rings (SSSR count). The lowest BCUT2D eigenvalue weighted by atomic mass is 10.2. The lowest BCUT2D eigenvalue weighted by Gasteiger charge is -2.05. The zero-order valence-electron chi connectivity index (χ0n) is 8.21. The maximum atomic E-state index is 13.7. The summed E-state index contributed by atoms with van der Waals surface area (Å²) in [5.74, 6) is -0.149. The molecule has 15 heavy (non-hydrogen) atoms. The average Bonchev–Trinajstić information content (AvgIpc) is 2.25. The smallest absolute Gasteiger partial charge is 0.232 e. The molecule has 0 aliphatic rings. The van der Waals surface area contributed by atoms with Crippen LogP contribution < -0.4 is 4.74 Å². The fourth-order valence-electron chi connectivity index (χ4n) is 1.31. The molecule has 0 atom stereocenters. The first-order valence-corrected chi connectivity index (χ1v) is 4.66. The maximum absolute atomic E-state index is 13.7. The van der Waals surface area contributed by atoms with E-state index in [1.165, 1.54) is 19.4 Å². The molecular weight excluding hydrogens is 219 g/mol. The zero-order valence-corrected chi connectivity index (χ0v) is 8.97. The molecule has 1 aromatic heterocycles. The van der Waals surface area contributed by atoms with Gasteiger partial charge in [0.1, 0.15) is 11.0 Å². The monoisotopic (exact) mass is 226 g/mol. The molecule has 0 spiro atoms. The van der Waals surface area contributed by atoms with Crippen LogP contribution in [-0.4, -0.2) is 17.1 Å². The number of benzene rings is 1. The van der Waals surface area contributed by atoms with Crippen LogP contribution in [0.2, 0.25) is 5.02 Å². The van der Waals surface area contributed by atoms with Crippen LogP contribution in [-0.2, 0) is 0 Å². The molecule has 1 heterocycles. The number of rotatable bonds is 1. The van der Waals surface area contributed by atoms with Crippen LogP contribution in [0.15, 0.2) is 12.3 Å². The Kier molecular flexibility index (Phi) is 2.44. The second kappa shape index (κ2) is 3.62. The predicted molar refractivity (Wildman–Crippen MR) is 55.8 cm³/mol. The molecule has 3 nitrogen and oxygen atoms in total. The molecular formula is C10H8ClFN2O. The number of aromatic nitrogens is 2. The number of hydrogen-bond donors (Lipinski definition) is 0. The summed E-state index contributed by atoms with van der Waals surface area (Å²) in [5.41, 5.74) is 0.926.